The van der Waals surface area contributed by atoms with Gasteiger partial charge in [0.25, 0.3) is 0 Å². The van der Waals surface area contributed by atoms with Crippen LogP contribution in [0.25, 0.3) is 0 Å². The lowest BCUT2D eigenvalue weighted by Gasteiger charge is -2.05. The molecule has 0 atom stereocenters. The Balaban J connectivity index is 3.40. The van der Waals surface area contributed by atoms with Crippen LogP contribution in [-0.4, -0.2) is 0 Å². The van der Waals surface area contributed by atoms with Crippen LogP contribution in [0.15, 0.2) is 15.0 Å². The molecular formula is C8H6Br2F2. The van der Waals surface area contributed by atoms with Gasteiger partial charge in [-0.25, -0.2) is 8.78 Å². The Morgan fingerprint density at radius 3 is 2.42 bits per heavy atom. The fourth-order valence-corrected chi connectivity index (χ4v) is 1.66. The average Bonchev–Trinajstić information content (AvgIpc) is 2.01. The Morgan fingerprint density at radius 1 is 1.33 bits per heavy atom. The van der Waals surface area contributed by atoms with Crippen molar-refractivity contribution in [3.8, 4) is 0 Å². The van der Waals surface area contributed by atoms with E-state index in [1.807, 2.05) is 0 Å². The maximum atomic E-state index is 13.2. The molecule has 1 rings (SSSR count). The van der Waals surface area contributed by atoms with E-state index in [4.69, 9.17) is 0 Å². The van der Waals surface area contributed by atoms with Crippen molar-refractivity contribution in [2.45, 2.75) is 13.3 Å². The van der Waals surface area contributed by atoms with Crippen LogP contribution < -0.4 is 0 Å². The molecule has 0 fully saturated rings. The minimum absolute atomic E-state index is 0.116. The van der Waals surface area contributed by atoms with E-state index in [9.17, 15) is 8.78 Å². The van der Waals surface area contributed by atoms with Crippen LogP contribution in [0.5, 0.6) is 0 Å². The van der Waals surface area contributed by atoms with E-state index in [-0.39, 0.29) is 10.0 Å². The molecule has 66 valence electrons. The molecule has 0 aliphatic carbocycles. The van der Waals surface area contributed by atoms with Gasteiger partial charge in [-0.1, -0.05) is 6.92 Å². The van der Waals surface area contributed by atoms with Gasteiger partial charge in [0.15, 0.2) is 0 Å². The lowest BCUT2D eigenvalue weighted by molar-refractivity contribution is 0.553. The molecule has 12 heavy (non-hydrogen) atoms. The van der Waals surface area contributed by atoms with Crippen molar-refractivity contribution < 1.29 is 8.78 Å². The summed E-state index contributed by atoms with van der Waals surface area (Å²) in [5, 5.41) is 0. The molecule has 0 heterocycles. The molecule has 0 aromatic heterocycles. The van der Waals surface area contributed by atoms with Crippen molar-refractivity contribution >= 4 is 31.9 Å². The topological polar surface area (TPSA) is 0 Å². The highest BCUT2D eigenvalue weighted by molar-refractivity contribution is 9.13. The number of halogens is 4. The summed E-state index contributed by atoms with van der Waals surface area (Å²) in [6, 6.07) is 1.26. The van der Waals surface area contributed by atoms with E-state index in [2.05, 4.69) is 31.9 Å². The second-order valence-electron chi connectivity index (χ2n) is 2.30. The Morgan fingerprint density at radius 2 is 1.92 bits per heavy atom. The normalized spacial score (nSPS) is 10.4. The Bertz CT molecular complexity index is 310. The average molecular weight is 300 g/mol. The lowest BCUT2D eigenvalue weighted by Crippen LogP contribution is -1.95. The van der Waals surface area contributed by atoms with E-state index in [1.54, 1.807) is 6.92 Å². The van der Waals surface area contributed by atoms with Crippen LogP contribution in [0, 0.1) is 11.6 Å². The SMILES string of the molecule is CCc1c(F)cc(Br)c(Br)c1F. The molecule has 0 unspecified atom stereocenters. The summed E-state index contributed by atoms with van der Waals surface area (Å²) in [6.45, 7) is 1.71. The van der Waals surface area contributed by atoms with Crippen LogP contribution >= 0.6 is 31.9 Å². The highest BCUT2D eigenvalue weighted by Gasteiger charge is 2.13. The molecule has 0 spiro atoms. The number of benzene rings is 1. The minimum atomic E-state index is -0.524. The molecule has 0 nitrogen and oxygen atoms in total. The van der Waals surface area contributed by atoms with Crippen LogP contribution in [0.2, 0.25) is 0 Å². The largest absolute Gasteiger partial charge is 0.207 e. The number of hydrogen-bond donors (Lipinski definition) is 0. The van der Waals surface area contributed by atoms with Gasteiger partial charge >= 0.3 is 0 Å². The monoisotopic (exact) mass is 298 g/mol. The summed E-state index contributed by atoms with van der Waals surface area (Å²) in [5.41, 5.74) is 0.116. The van der Waals surface area contributed by atoms with Crippen molar-refractivity contribution in [2.24, 2.45) is 0 Å². The Kier molecular flexibility index (Phi) is 3.23. The van der Waals surface area contributed by atoms with E-state index in [0.29, 0.717) is 10.9 Å². The highest BCUT2D eigenvalue weighted by Crippen LogP contribution is 2.30. The quantitative estimate of drug-likeness (QED) is 0.542. The third kappa shape index (κ3) is 1.69. The van der Waals surface area contributed by atoms with E-state index in [1.165, 1.54) is 6.07 Å². The summed E-state index contributed by atoms with van der Waals surface area (Å²) < 4.78 is 26.9. The van der Waals surface area contributed by atoms with Crippen molar-refractivity contribution in [2.75, 3.05) is 0 Å². The lowest BCUT2D eigenvalue weighted by atomic mass is 10.1. The van der Waals surface area contributed by atoms with E-state index < -0.39 is 11.6 Å². The third-order valence-corrected chi connectivity index (χ3v) is 3.50. The zero-order chi connectivity index (χ0) is 9.30. The van der Waals surface area contributed by atoms with Crippen LogP contribution in [0.1, 0.15) is 12.5 Å². The predicted molar refractivity (Wildman–Crippen MR) is 51.1 cm³/mol. The summed E-state index contributed by atoms with van der Waals surface area (Å²) in [6.07, 6.45) is 0.351. The molecule has 1 aromatic rings. The highest BCUT2D eigenvalue weighted by atomic mass is 79.9. The van der Waals surface area contributed by atoms with Gasteiger partial charge in [0.1, 0.15) is 11.6 Å². The number of rotatable bonds is 1. The summed E-state index contributed by atoms with van der Waals surface area (Å²) in [5.74, 6) is -1.03. The number of hydrogen-bond acceptors (Lipinski definition) is 0. The molecule has 1 aromatic carbocycles. The zero-order valence-corrected chi connectivity index (χ0v) is 9.47. The molecule has 0 aliphatic heterocycles. The van der Waals surface area contributed by atoms with Gasteiger partial charge in [-0.05, 0) is 44.3 Å². The third-order valence-electron chi connectivity index (χ3n) is 1.56. The smallest absolute Gasteiger partial charge is 0.144 e. The van der Waals surface area contributed by atoms with E-state index >= 15 is 0 Å². The second kappa shape index (κ2) is 3.83. The van der Waals surface area contributed by atoms with Gasteiger partial charge in [-0.3, -0.25) is 0 Å². The standard InChI is InChI=1S/C8H6Br2F2/c1-2-4-6(11)3-5(9)7(10)8(4)12/h3H,2H2,1H3. The minimum Gasteiger partial charge on any atom is -0.207 e. The van der Waals surface area contributed by atoms with Crippen molar-refractivity contribution in [1.82, 2.24) is 0 Å². The molecule has 0 radical (unpaired) electrons. The van der Waals surface area contributed by atoms with Gasteiger partial charge in [-0.2, -0.15) is 0 Å². The zero-order valence-electron chi connectivity index (χ0n) is 6.30. The molecule has 0 aliphatic rings. The Hall–Kier alpha value is 0.0400. The first kappa shape index (κ1) is 10.1. The molecule has 4 heteroatoms. The predicted octanol–water partition coefficient (Wildman–Crippen LogP) is 4.05. The van der Waals surface area contributed by atoms with Gasteiger partial charge in [0, 0.05) is 10.0 Å². The van der Waals surface area contributed by atoms with Crippen LogP contribution in [0.3, 0.4) is 0 Å². The van der Waals surface area contributed by atoms with E-state index in [0.717, 1.165) is 0 Å². The molecule has 0 amide bonds. The molecular weight excluding hydrogens is 294 g/mol. The summed E-state index contributed by atoms with van der Waals surface area (Å²) >= 11 is 6.05. The fourth-order valence-electron chi connectivity index (χ4n) is 0.928. The molecule has 0 bridgehead atoms. The molecule has 0 N–H and O–H groups in total. The first-order valence-corrected chi connectivity index (χ1v) is 4.98. The van der Waals surface area contributed by atoms with Gasteiger partial charge < -0.3 is 0 Å². The summed E-state index contributed by atoms with van der Waals surface area (Å²) in [7, 11) is 0. The first-order chi connectivity index (χ1) is 5.57. The van der Waals surface area contributed by atoms with Crippen molar-refractivity contribution in [3.05, 3.63) is 32.2 Å². The van der Waals surface area contributed by atoms with Gasteiger partial charge in [0.05, 0.1) is 4.47 Å². The fraction of sp³-hybridized carbons (Fsp3) is 0.250. The van der Waals surface area contributed by atoms with Gasteiger partial charge in [-0.15, -0.1) is 0 Å². The second-order valence-corrected chi connectivity index (χ2v) is 3.95. The van der Waals surface area contributed by atoms with Crippen LogP contribution in [-0.2, 0) is 6.42 Å². The first-order valence-electron chi connectivity index (χ1n) is 3.39. The maximum absolute atomic E-state index is 13.2. The van der Waals surface area contributed by atoms with Gasteiger partial charge in [0.2, 0.25) is 0 Å². The summed E-state index contributed by atoms with van der Waals surface area (Å²) in [4.78, 5) is 0. The maximum Gasteiger partial charge on any atom is 0.144 e. The van der Waals surface area contributed by atoms with Crippen molar-refractivity contribution in [1.29, 1.82) is 0 Å². The van der Waals surface area contributed by atoms with Crippen molar-refractivity contribution in [3.63, 3.8) is 0 Å². The van der Waals surface area contributed by atoms with Crippen LogP contribution in [0.4, 0.5) is 8.78 Å². The molecule has 0 saturated carbocycles. The Labute approximate surface area is 86.2 Å². The molecule has 0 saturated heterocycles.